The summed E-state index contributed by atoms with van der Waals surface area (Å²) in [6.45, 7) is 0.393. The maximum absolute atomic E-state index is 9.01. The number of benzene rings is 1. The molecular formula is C17H16BrN5O. The number of anilines is 3. The molecule has 0 fully saturated rings. The Morgan fingerprint density at radius 3 is 2.58 bits per heavy atom. The predicted molar refractivity (Wildman–Crippen MR) is 98.3 cm³/mol. The molecule has 0 aliphatic rings. The zero-order chi connectivity index (χ0) is 16.8. The third kappa shape index (κ3) is 4.06. The number of rotatable bonds is 6. The van der Waals surface area contributed by atoms with Gasteiger partial charge in [0.05, 0.1) is 18.0 Å². The third-order valence-electron chi connectivity index (χ3n) is 3.23. The molecule has 0 saturated heterocycles. The van der Waals surface area contributed by atoms with Crippen molar-refractivity contribution in [1.29, 1.82) is 0 Å². The van der Waals surface area contributed by atoms with Gasteiger partial charge in [0.2, 0.25) is 5.95 Å². The SMILES string of the molecule is OCCNc1nc(Nc2ccccc2Br)cc(-c2ccncc2)n1. The summed E-state index contributed by atoms with van der Waals surface area (Å²) < 4.78 is 0.943. The summed E-state index contributed by atoms with van der Waals surface area (Å²) in [6.07, 6.45) is 3.44. The molecule has 2 heterocycles. The van der Waals surface area contributed by atoms with Crippen molar-refractivity contribution in [3.63, 3.8) is 0 Å². The largest absolute Gasteiger partial charge is 0.395 e. The van der Waals surface area contributed by atoms with E-state index >= 15 is 0 Å². The number of pyridine rings is 1. The van der Waals surface area contributed by atoms with Gasteiger partial charge in [-0.3, -0.25) is 4.98 Å². The lowest BCUT2D eigenvalue weighted by Gasteiger charge is -2.12. The number of halogens is 1. The Labute approximate surface area is 148 Å². The molecule has 0 radical (unpaired) electrons. The van der Waals surface area contributed by atoms with E-state index < -0.39 is 0 Å². The van der Waals surface area contributed by atoms with Crippen LogP contribution in [0.15, 0.2) is 59.3 Å². The number of aliphatic hydroxyl groups is 1. The molecule has 3 N–H and O–H groups in total. The van der Waals surface area contributed by atoms with E-state index in [4.69, 9.17) is 5.11 Å². The number of para-hydroxylation sites is 1. The first kappa shape index (κ1) is 16.4. The fourth-order valence-corrected chi connectivity index (χ4v) is 2.51. The van der Waals surface area contributed by atoms with Crippen molar-refractivity contribution in [2.45, 2.75) is 0 Å². The van der Waals surface area contributed by atoms with Crippen LogP contribution in [-0.2, 0) is 0 Å². The van der Waals surface area contributed by atoms with E-state index in [9.17, 15) is 0 Å². The van der Waals surface area contributed by atoms with E-state index in [1.807, 2.05) is 42.5 Å². The highest BCUT2D eigenvalue weighted by atomic mass is 79.9. The van der Waals surface area contributed by atoms with E-state index in [-0.39, 0.29) is 6.61 Å². The average molecular weight is 386 g/mol. The van der Waals surface area contributed by atoms with Gasteiger partial charge < -0.3 is 15.7 Å². The smallest absolute Gasteiger partial charge is 0.225 e. The van der Waals surface area contributed by atoms with E-state index in [0.717, 1.165) is 21.4 Å². The van der Waals surface area contributed by atoms with E-state index in [0.29, 0.717) is 18.3 Å². The molecule has 3 aromatic rings. The molecule has 1 aromatic carbocycles. The van der Waals surface area contributed by atoms with E-state index in [1.165, 1.54) is 0 Å². The predicted octanol–water partition coefficient (Wildman–Crippen LogP) is 3.45. The first-order valence-electron chi connectivity index (χ1n) is 7.42. The topological polar surface area (TPSA) is 83.0 Å². The number of hydrogen-bond donors (Lipinski definition) is 3. The van der Waals surface area contributed by atoms with Crippen LogP contribution in [0.4, 0.5) is 17.5 Å². The standard InChI is InChI=1S/C17H16BrN5O/c18-13-3-1-2-4-14(13)21-16-11-15(12-5-7-19-8-6-12)22-17(23-16)20-9-10-24/h1-8,11,24H,9-10H2,(H2,20,21,22,23). The fraction of sp³-hybridized carbons (Fsp3) is 0.118. The summed E-state index contributed by atoms with van der Waals surface area (Å²) in [5.74, 6) is 1.11. The van der Waals surface area contributed by atoms with Crippen LogP contribution in [0, 0.1) is 0 Å². The van der Waals surface area contributed by atoms with Crippen molar-refractivity contribution in [1.82, 2.24) is 15.0 Å². The van der Waals surface area contributed by atoms with Gasteiger partial charge in [-0.05, 0) is 40.2 Å². The van der Waals surface area contributed by atoms with Crippen molar-refractivity contribution in [2.24, 2.45) is 0 Å². The van der Waals surface area contributed by atoms with Crippen LogP contribution in [0.1, 0.15) is 0 Å². The van der Waals surface area contributed by atoms with Crippen molar-refractivity contribution < 1.29 is 5.11 Å². The third-order valence-corrected chi connectivity index (χ3v) is 3.93. The molecule has 3 rings (SSSR count). The second-order valence-electron chi connectivity index (χ2n) is 4.95. The van der Waals surface area contributed by atoms with Crippen molar-refractivity contribution in [3.05, 3.63) is 59.3 Å². The molecule has 24 heavy (non-hydrogen) atoms. The molecule has 0 unspecified atom stereocenters. The lowest BCUT2D eigenvalue weighted by Crippen LogP contribution is -2.10. The zero-order valence-electron chi connectivity index (χ0n) is 12.8. The highest BCUT2D eigenvalue weighted by molar-refractivity contribution is 9.10. The van der Waals surface area contributed by atoms with Gasteiger partial charge in [0.25, 0.3) is 0 Å². The van der Waals surface area contributed by atoms with Gasteiger partial charge in [-0.1, -0.05) is 12.1 Å². The van der Waals surface area contributed by atoms with Crippen LogP contribution in [0.25, 0.3) is 11.3 Å². The molecule has 0 atom stereocenters. The minimum Gasteiger partial charge on any atom is -0.395 e. The van der Waals surface area contributed by atoms with E-state index in [1.54, 1.807) is 12.4 Å². The van der Waals surface area contributed by atoms with Gasteiger partial charge >= 0.3 is 0 Å². The Hall–Kier alpha value is -2.51. The molecule has 0 bridgehead atoms. The first-order valence-corrected chi connectivity index (χ1v) is 8.21. The Kier molecular flexibility index (Phi) is 5.35. The minimum absolute atomic E-state index is 0.00976. The highest BCUT2D eigenvalue weighted by Crippen LogP contribution is 2.27. The lowest BCUT2D eigenvalue weighted by molar-refractivity contribution is 0.311. The average Bonchev–Trinajstić information content (AvgIpc) is 2.62. The number of aliphatic hydroxyl groups excluding tert-OH is 1. The summed E-state index contributed by atoms with van der Waals surface area (Å²) in [6, 6.07) is 13.5. The monoisotopic (exact) mass is 385 g/mol. The Morgan fingerprint density at radius 1 is 1.04 bits per heavy atom. The number of nitrogens with one attached hydrogen (secondary N) is 2. The Bertz CT molecular complexity index is 813. The van der Waals surface area contributed by atoms with Gasteiger partial charge in [0.1, 0.15) is 5.82 Å². The van der Waals surface area contributed by atoms with Crippen LogP contribution in [-0.4, -0.2) is 33.2 Å². The maximum Gasteiger partial charge on any atom is 0.225 e. The summed E-state index contributed by atoms with van der Waals surface area (Å²) in [5, 5.41) is 15.3. The van der Waals surface area contributed by atoms with Gasteiger partial charge in [-0.2, -0.15) is 4.98 Å². The normalized spacial score (nSPS) is 10.4. The van der Waals surface area contributed by atoms with Crippen LogP contribution in [0.5, 0.6) is 0 Å². The van der Waals surface area contributed by atoms with Crippen LogP contribution in [0.2, 0.25) is 0 Å². The summed E-state index contributed by atoms with van der Waals surface area (Å²) in [5.41, 5.74) is 2.61. The molecule has 0 aliphatic carbocycles. The van der Waals surface area contributed by atoms with Gasteiger partial charge in [0.15, 0.2) is 0 Å². The zero-order valence-corrected chi connectivity index (χ0v) is 14.4. The van der Waals surface area contributed by atoms with E-state index in [2.05, 4.69) is 41.5 Å². The molecule has 122 valence electrons. The molecule has 0 spiro atoms. The molecule has 0 aliphatic heterocycles. The number of nitrogens with zero attached hydrogens (tertiary/aromatic N) is 3. The molecule has 7 heteroatoms. The Balaban J connectivity index is 1.97. The number of hydrogen-bond acceptors (Lipinski definition) is 6. The maximum atomic E-state index is 9.01. The number of aromatic nitrogens is 3. The summed E-state index contributed by atoms with van der Waals surface area (Å²) >= 11 is 3.51. The van der Waals surface area contributed by atoms with Gasteiger partial charge in [-0.25, -0.2) is 4.98 Å². The van der Waals surface area contributed by atoms with Crippen molar-refractivity contribution in [3.8, 4) is 11.3 Å². The van der Waals surface area contributed by atoms with Crippen molar-refractivity contribution in [2.75, 3.05) is 23.8 Å². The second kappa shape index (κ2) is 7.85. The fourth-order valence-electron chi connectivity index (χ4n) is 2.13. The molecule has 2 aromatic heterocycles. The quantitative estimate of drug-likeness (QED) is 0.602. The molecular weight excluding hydrogens is 370 g/mol. The van der Waals surface area contributed by atoms with Crippen LogP contribution >= 0.6 is 15.9 Å². The van der Waals surface area contributed by atoms with Crippen molar-refractivity contribution >= 4 is 33.4 Å². The van der Waals surface area contributed by atoms with Crippen LogP contribution < -0.4 is 10.6 Å². The Morgan fingerprint density at radius 2 is 1.83 bits per heavy atom. The van der Waals surface area contributed by atoms with Crippen LogP contribution in [0.3, 0.4) is 0 Å². The lowest BCUT2D eigenvalue weighted by atomic mass is 10.2. The summed E-state index contributed by atoms with van der Waals surface area (Å²) in [4.78, 5) is 13.0. The molecule has 6 nitrogen and oxygen atoms in total. The first-order chi connectivity index (χ1) is 11.8. The summed E-state index contributed by atoms with van der Waals surface area (Å²) in [7, 11) is 0. The molecule has 0 saturated carbocycles. The van der Waals surface area contributed by atoms with Gasteiger partial charge in [0, 0.05) is 35.0 Å². The second-order valence-corrected chi connectivity index (χ2v) is 5.81. The minimum atomic E-state index is 0.00976. The highest BCUT2D eigenvalue weighted by Gasteiger charge is 2.08. The van der Waals surface area contributed by atoms with Gasteiger partial charge in [-0.15, -0.1) is 0 Å². The molecule has 0 amide bonds.